The molecule has 0 aromatic carbocycles. The second-order valence-corrected chi connectivity index (χ2v) is 4.49. The lowest BCUT2D eigenvalue weighted by atomic mass is 9.96. The van der Waals surface area contributed by atoms with Gasteiger partial charge in [-0.25, -0.2) is 4.98 Å². The molecular weight excluding hydrogens is 204 g/mol. The molecule has 0 saturated heterocycles. The second kappa shape index (κ2) is 4.96. The third-order valence-electron chi connectivity index (χ3n) is 1.98. The Hall–Kier alpha value is -1.58. The van der Waals surface area contributed by atoms with E-state index in [0.29, 0.717) is 18.2 Å². The van der Waals surface area contributed by atoms with E-state index in [1.807, 2.05) is 27.7 Å². The van der Waals surface area contributed by atoms with Crippen LogP contribution in [0.3, 0.4) is 0 Å². The van der Waals surface area contributed by atoms with Gasteiger partial charge in [-0.2, -0.15) is 0 Å². The van der Waals surface area contributed by atoms with Crippen LogP contribution < -0.4 is 10.1 Å². The van der Waals surface area contributed by atoms with Crippen LogP contribution in [-0.2, 0) is 4.79 Å². The van der Waals surface area contributed by atoms with Crippen LogP contribution >= 0.6 is 0 Å². The highest BCUT2D eigenvalue weighted by Crippen LogP contribution is 2.23. The van der Waals surface area contributed by atoms with Gasteiger partial charge in [0.05, 0.1) is 6.61 Å². The van der Waals surface area contributed by atoms with E-state index in [-0.39, 0.29) is 5.91 Å². The molecule has 1 aromatic heterocycles. The number of amides is 1. The van der Waals surface area contributed by atoms with Crippen molar-refractivity contribution in [3.63, 3.8) is 0 Å². The van der Waals surface area contributed by atoms with Gasteiger partial charge in [-0.3, -0.25) is 4.79 Å². The van der Waals surface area contributed by atoms with Gasteiger partial charge in [-0.1, -0.05) is 20.8 Å². The number of hydrogen-bond donors (Lipinski definition) is 1. The molecule has 0 saturated carbocycles. The van der Waals surface area contributed by atoms with Crippen molar-refractivity contribution < 1.29 is 9.53 Å². The van der Waals surface area contributed by atoms with E-state index in [9.17, 15) is 4.79 Å². The minimum atomic E-state index is -0.443. The molecule has 1 rings (SSSR count). The van der Waals surface area contributed by atoms with Crippen molar-refractivity contribution in [1.82, 2.24) is 4.98 Å². The predicted molar refractivity (Wildman–Crippen MR) is 63.5 cm³/mol. The maximum atomic E-state index is 11.8. The molecule has 0 fully saturated rings. The van der Waals surface area contributed by atoms with Crippen LogP contribution in [0.25, 0.3) is 0 Å². The van der Waals surface area contributed by atoms with Crippen LogP contribution in [0.15, 0.2) is 18.3 Å². The maximum absolute atomic E-state index is 11.8. The summed E-state index contributed by atoms with van der Waals surface area (Å²) in [5.41, 5.74) is -0.443. The van der Waals surface area contributed by atoms with Gasteiger partial charge in [-0.05, 0) is 19.1 Å². The van der Waals surface area contributed by atoms with E-state index in [4.69, 9.17) is 4.74 Å². The average molecular weight is 222 g/mol. The number of rotatable bonds is 3. The zero-order valence-corrected chi connectivity index (χ0v) is 10.2. The van der Waals surface area contributed by atoms with Crippen molar-refractivity contribution in [2.24, 2.45) is 5.41 Å². The molecule has 1 N–H and O–H groups in total. The van der Waals surface area contributed by atoms with Crippen molar-refractivity contribution >= 4 is 11.7 Å². The molecule has 0 unspecified atom stereocenters. The number of ether oxygens (including phenoxy) is 1. The Morgan fingerprint density at radius 2 is 2.19 bits per heavy atom. The number of carbonyl (C=O) groups is 1. The number of aromatic nitrogens is 1. The number of anilines is 1. The Kier molecular flexibility index (Phi) is 3.88. The van der Waals surface area contributed by atoms with Gasteiger partial charge >= 0.3 is 0 Å². The van der Waals surface area contributed by atoms with Crippen molar-refractivity contribution in [1.29, 1.82) is 0 Å². The van der Waals surface area contributed by atoms with Crippen molar-refractivity contribution in [3.8, 4) is 5.75 Å². The Bertz CT molecular complexity index is 370. The van der Waals surface area contributed by atoms with Crippen molar-refractivity contribution in [3.05, 3.63) is 18.3 Å². The second-order valence-electron chi connectivity index (χ2n) is 4.49. The zero-order valence-electron chi connectivity index (χ0n) is 10.2. The molecule has 88 valence electrons. The first-order valence-electron chi connectivity index (χ1n) is 5.34. The van der Waals surface area contributed by atoms with Gasteiger partial charge < -0.3 is 10.1 Å². The highest BCUT2D eigenvalue weighted by molar-refractivity contribution is 5.94. The topological polar surface area (TPSA) is 51.2 Å². The minimum Gasteiger partial charge on any atom is -0.490 e. The molecule has 1 aromatic rings. The summed E-state index contributed by atoms with van der Waals surface area (Å²) in [4.78, 5) is 15.9. The van der Waals surface area contributed by atoms with Crippen molar-refractivity contribution in [2.45, 2.75) is 27.7 Å². The normalized spacial score (nSPS) is 11.0. The Morgan fingerprint density at radius 1 is 1.50 bits per heavy atom. The van der Waals surface area contributed by atoms with E-state index in [2.05, 4.69) is 10.3 Å². The quantitative estimate of drug-likeness (QED) is 0.854. The first-order chi connectivity index (χ1) is 7.45. The summed E-state index contributed by atoms with van der Waals surface area (Å²) >= 11 is 0. The number of nitrogens with one attached hydrogen (secondary N) is 1. The van der Waals surface area contributed by atoms with Gasteiger partial charge in [0.15, 0.2) is 11.6 Å². The number of hydrogen-bond acceptors (Lipinski definition) is 3. The first kappa shape index (κ1) is 12.5. The van der Waals surface area contributed by atoms with E-state index in [1.54, 1.807) is 18.3 Å². The molecule has 0 spiro atoms. The van der Waals surface area contributed by atoms with E-state index >= 15 is 0 Å². The average Bonchev–Trinajstić information content (AvgIpc) is 2.20. The third kappa shape index (κ3) is 3.22. The fourth-order valence-electron chi connectivity index (χ4n) is 1.05. The Balaban J connectivity index is 2.84. The van der Waals surface area contributed by atoms with Crippen LogP contribution in [0, 0.1) is 5.41 Å². The number of carbonyl (C=O) groups excluding carboxylic acids is 1. The fraction of sp³-hybridized carbons (Fsp3) is 0.500. The lowest BCUT2D eigenvalue weighted by molar-refractivity contribution is -0.123. The molecule has 4 nitrogen and oxygen atoms in total. The zero-order chi connectivity index (χ0) is 12.2. The fourth-order valence-corrected chi connectivity index (χ4v) is 1.05. The van der Waals surface area contributed by atoms with Crippen LogP contribution in [0.5, 0.6) is 5.75 Å². The molecular formula is C12H18N2O2. The van der Waals surface area contributed by atoms with E-state index in [0.717, 1.165) is 0 Å². The largest absolute Gasteiger partial charge is 0.490 e. The van der Waals surface area contributed by atoms with Crippen LogP contribution in [-0.4, -0.2) is 17.5 Å². The third-order valence-corrected chi connectivity index (χ3v) is 1.98. The highest BCUT2D eigenvalue weighted by atomic mass is 16.5. The first-order valence-corrected chi connectivity index (χ1v) is 5.34. The standard InChI is InChI=1S/C12H18N2O2/c1-5-16-9-7-6-8-13-10(9)14-11(15)12(2,3)4/h6-8H,5H2,1-4H3,(H,13,14,15). The summed E-state index contributed by atoms with van der Waals surface area (Å²) in [5.74, 6) is 0.999. The molecule has 1 amide bonds. The number of nitrogens with zero attached hydrogens (tertiary/aromatic N) is 1. The summed E-state index contributed by atoms with van der Waals surface area (Å²) in [7, 11) is 0. The smallest absolute Gasteiger partial charge is 0.231 e. The molecule has 0 aliphatic carbocycles. The predicted octanol–water partition coefficient (Wildman–Crippen LogP) is 2.46. The van der Waals surface area contributed by atoms with Crippen molar-refractivity contribution in [2.75, 3.05) is 11.9 Å². The SMILES string of the molecule is CCOc1cccnc1NC(=O)C(C)(C)C. The van der Waals surface area contributed by atoms with Crippen LogP contribution in [0.1, 0.15) is 27.7 Å². The van der Waals surface area contributed by atoms with Crippen LogP contribution in [0.2, 0.25) is 0 Å². The van der Waals surface area contributed by atoms with Gasteiger partial charge in [0.25, 0.3) is 0 Å². The summed E-state index contributed by atoms with van der Waals surface area (Å²) in [6.45, 7) is 8.00. The molecule has 0 atom stereocenters. The molecule has 16 heavy (non-hydrogen) atoms. The minimum absolute atomic E-state index is 0.0767. The van der Waals surface area contributed by atoms with Gasteiger partial charge in [0.2, 0.25) is 5.91 Å². The Labute approximate surface area is 96.0 Å². The Morgan fingerprint density at radius 3 is 2.75 bits per heavy atom. The number of pyridine rings is 1. The van der Waals surface area contributed by atoms with Gasteiger partial charge in [0.1, 0.15) is 0 Å². The molecule has 0 radical (unpaired) electrons. The molecule has 1 heterocycles. The highest BCUT2D eigenvalue weighted by Gasteiger charge is 2.22. The van der Waals surface area contributed by atoms with Gasteiger partial charge in [0, 0.05) is 11.6 Å². The molecule has 0 aliphatic rings. The summed E-state index contributed by atoms with van der Waals surface area (Å²) in [6, 6.07) is 3.56. The molecule has 4 heteroatoms. The monoisotopic (exact) mass is 222 g/mol. The summed E-state index contributed by atoms with van der Waals surface area (Å²) in [6.07, 6.45) is 1.63. The summed E-state index contributed by atoms with van der Waals surface area (Å²) in [5, 5.41) is 2.76. The lowest BCUT2D eigenvalue weighted by Crippen LogP contribution is -2.28. The van der Waals surface area contributed by atoms with Gasteiger partial charge in [-0.15, -0.1) is 0 Å². The van der Waals surface area contributed by atoms with E-state index in [1.165, 1.54) is 0 Å². The summed E-state index contributed by atoms with van der Waals surface area (Å²) < 4.78 is 5.37. The molecule has 0 aliphatic heterocycles. The maximum Gasteiger partial charge on any atom is 0.231 e. The van der Waals surface area contributed by atoms with Crippen LogP contribution in [0.4, 0.5) is 5.82 Å². The lowest BCUT2D eigenvalue weighted by Gasteiger charge is -2.18. The van der Waals surface area contributed by atoms with E-state index < -0.39 is 5.41 Å². The molecule has 0 bridgehead atoms.